The lowest BCUT2D eigenvalue weighted by molar-refractivity contribution is 0.0949. The fourth-order valence-electron chi connectivity index (χ4n) is 2.27. The molecule has 0 aliphatic carbocycles. The molecule has 1 aromatic carbocycles. The van der Waals surface area contributed by atoms with E-state index < -0.39 is 5.91 Å². The van der Waals surface area contributed by atoms with Gasteiger partial charge in [-0.3, -0.25) is 9.59 Å². The van der Waals surface area contributed by atoms with E-state index >= 15 is 0 Å². The third-order valence-electron chi connectivity index (χ3n) is 3.64. The number of anilines is 1. The second kappa shape index (κ2) is 10.4. The largest absolute Gasteiger partial charge is 0.385 e. The Balaban J connectivity index is 1.96. The molecular formula is C19H23N7O2. The van der Waals surface area contributed by atoms with Gasteiger partial charge in [0.15, 0.2) is 11.5 Å². The Morgan fingerprint density at radius 3 is 2.71 bits per heavy atom. The summed E-state index contributed by atoms with van der Waals surface area (Å²) < 4.78 is 0. The minimum Gasteiger partial charge on any atom is -0.385 e. The molecule has 0 saturated carbocycles. The average Bonchev–Trinajstić information content (AvgIpc) is 2.71. The standard InChI is InChI=1S/C19H23N7O2/c1-2-6-25-18(27)14-5-3-4-13(9-14)11-22-12-15(10-20)26-19(28)16-17(21)24-8-7-23-16/h3-5,7-10,12,20,22H,2,6,11H2,1H3,(H2,21,24)(H,25,27)(H,26,28)/b15-12+,20-10?. The van der Waals surface area contributed by atoms with Crippen molar-refractivity contribution in [2.75, 3.05) is 12.3 Å². The maximum atomic E-state index is 12.2. The van der Waals surface area contributed by atoms with E-state index in [-0.39, 0.29) is 23.1 Å². The predicted molar refractivity (Wildman–Crippen MR) is 107 cm³/mol. The molecule has 0 aliphatic heterocycles. The van der Waals surface area contributed by atoms with Crippen molar-refractivity contribution in [2.45, 2.75) is 19.9 Å². The molecular weight excluding hydrogens is 358 g/mol. The molecule has 0 saturated heterocycles. The quantitative estimate of drug-likeness (QED) is 0.413. The van der Waals surface area contributed by atoms with Crippen molar-refractivity contribution in [2.24, 2.45) is 0 Å². The number of rotatable bonds is 9. The maximum Gasteiger partial charge on any atom is 0.278 e. The zero-order chi connectivity index (χ0) is 20.4. The molecule has 0 fully saturated rings. The van der Waals surface area contributed by atoms with Crippen LogP contribution in [0.4, 0.5) is 5.82 Å². The van der Waals surface area contributed by atoms with Crippen molar-refractivity contribution in [1.82, 2.24) is 25.9 Å². The number of carbonyl (C=O) groups is 2. The first-order valence-corrected chi connectivity index (χ1v) is 8.74. The summed E-state index contributed by atoms with van der Waals surface area (Å²) in [7, 11) is 0. The number of nitrogens with one attached hydrogen (secondary N) is 4. The fraction of sp³-hybridized carbons (Fsp3) is 0.211. The Labute approximate surface area is 163 Å². The van der Waals surface area contributed by atoms with Gasteiger partial charge in [0.1, 0.15) is 0 Å². The monoisotopic (exact) mass is 381 g/mol. The molecule has 28 heavy (non-hydrogen) atoms. The highest BCUT2D eigenvalue weighted by Gasteiger charge is 2.12. The number of carbonyl (C=O) groups excluding carboxylic acids is 2. The topological polar surface area (TPSA) is 146 Å². The molecule has 146 valence electrons. The zero-order valence-electron chi connectivity index (χ0n) is 15.5. The van der Waals surface area contributed by atoms with Crippen LogP contribution in [0.15, 0.2) is 48.6 Å². The molecule has 0 bridgehead atoms. The van der Waals surface area contributed by atoms with E-state index in [9.17, 15) is 9.59 Å². The van der Waals surface area contributed by atoms with E-state index in [4.69, 9.17) is 11.1 Å². The highest BCUT2D eigenvalue weighted by atomic mass is 16.2. The van der Waals surface area contributed by atoms with Crippen molar-refractivity contribution in [1.29, 1.82) is 5.41 Å². The Bertz CT molecular complexity index is 880. The third kappa shape index (κ3) is 5.90. The lowest BCUT2D eigenvalue weighted by atomic mass is 10.1. The summed E-state index contributed by atoms with van der Waals surface area (Å²) in [6, 6.07) is 7.21. The first kappa shape index (κ1) is 20.6. The molecule has 2 amide bonds. The second-order valence-corrected chi connectivity index (χ2v) is 5.83. The number of aromatic nitrogens is 2. The summed E-state index contributed by atoms with van der Waals surface area (Å²) in [6.07, 6.45) is 6.10. The number of nitrogens with two attached hydrogens (primary N) is 1. The van der Waals surface area contributed by atoms with Gasteiger partial charge in [-0.2, -0.15) is 0 Å². The van der Waals surface area contributed by atoms with Crippen molar-refractivity contribution >= 4 is 23.8 Å². The van der Waals surface area contributed by atoms with Crippen molar-refractivity contribution in [3.05, 3.63) is 65.4 Å². The van der Waals surface area contributed by atoms with Crippen LogP contribution in [0, 0.1) is 5.41 Å². The van der Waals surface area contributed by atoms with Gasteiger partial charge in [0.05, 0.1) is 5.70 Å². The molecule has 2 aromatic rings. The smallest absolute Gasteiger partial charge is 0.278 e. The van der Waals surface area contributed by atoms with E-state index in [0.717, 1.165) is 18.2 Å². The van der Waals surface area contributed by atoms with Crippen molar-refractivity contribution < 1.29 is 9.59 Å². The first-order chi connectivity index (χ1) is 13.5. The summed E-state index contributed by atoms with van der Waals surface area (Å²) in [5.74, 6) is -0.666. The molecule has 2 rings (SSSR count). The van der Waals surface area contributed by atoms with Crippen LogP contribution in [0.5, 0.6) is 0 Å². The minimum absolute atomic E-state index is 0.00968. The van der Waals surface area contributed by atoms with E-state index in [2.05, 4.69) is 25.9 Å². The van der Waals surface area contributed by atoms with Crippen LogP contribution < -0.4 is 21.7 Å². The van der Waals surface area contributed by atoms with Crippen LogP contribution in [0.3, 0.4) is 0 Å². The van der Waals surface area contributed by atoms with E-state index in [1.165, 1.54) is 18.6 Å². The highest BCUT2D eigenvalue weighted by Crippen LogP contribution is 2.06. The molecule has 1 aromatic heterocycles. The Kier molecular flexibility index (Phi) is 7.64. The molecule has 9 heteroatoms. The van der Waals surface area contributed by atoms with Gasteiger partial charge >= 0.3 is 0 Å². The summed E-state index contributed by atoms with van der Waals surface area (Å²) in [5.41, 5.74) is 7.30. The van der Waals surface area contributed by atoms with E-state index in [1.54, 1.807) is 18.2 Å². The second-order valence-electron chi connectivity index (χ2n) is 5.83. The van der Waals surface area contributed by atoms with Crippen LogP contribution >= 0.6 is 0 Å². The molecule has 0 unspecified atom stereocenters. The number of hydrogen-bond donors (Lipinski definition) is 5. The number of amides is 2. The number of allylic oxidation sites excluding steroid dienone is 1. The van der Waals surface area contributed by atoms with Gasteiger partial charge in [-0.15, -0.1) is 0 Å². The Morgan fingerprint density at radius 1 is 1.21 bits per heavy atom. The number of nitrogen functional groups attached to an aromatic ring is 1. The summed E-state index contributed by atoms with van der Waals surface area (Å²) in [4.78, 5) is 31.9. The van der Waals surface area contributed by atoms with Crippen LogP contribution in [0.2, 0.25) is 0 Å². The zero-order valence-corrected chi connectivity index (χ0v) is 15.5. The number of hydrogen-bond acceptors (Lipinski definition) is 7. The molecule has 6 N–H and O–H groups in total. The van der Waals surface area contributed by atoms with Gasteiger partial charge in [0.2, 0.25) is 0 Å². The van der Waals surface area contributed by atoms with E-state index in [0.29, 0.717) is 18.7 Å². The van der Waals surface area contributed by atoms with Gasteiger partial charge in [-0.1, -0.05) is 19.1 Å². The molecule has 9 nitrogen and oxygen atoms in total. The van der Waals surface area contributed by atoms with E-state index in [1.807, 2.05) is 13.0 Å². The van der Waals surface area contributed by atoms with Gasteiger partial charge in [-0.05, 0) is 24.1 Å². The lowest BCUT2D eigenvalue weighted by Gasteiger charge is -2.08. The first-order valence-electron chi connectivity index (χ1n) is 8.74. The maximum absolute atomic E-state index is 12.2. The van der Waals surface area contributed by atoms with Crippen molar-refractivity contribution in [3.63, 3.8) is 0 Å². The number of benzene rings is 1. The summed E-state index contributed by atoms with van der Waals surface area (Å²) >= 11 is 0. The van der Waals surface area contributed by atoms with Gasteiger partial charge < -0.3 is 27.1 Å². The highest BCUT2D eigenvalue weighted by molar-refractivity contribution is 5.99. The molecule has 0 atom stereocenters. The molecule has 0 radical (unpaired) electrons. The van der Waals surface area contributed by atoms with Crippen LogP contribution in [-0.2, 0) is 6.54 Å². The van der Waals surface area contributed by atoms with Gasteiger partial charge in [-0.25, -0.2) is 9.97 Å². The van der Waals surface area contributed by atoms with Gasteiger partial charge in [0, 0.05) is 43.5 Å². The Hall–Kier alpha value is -3.75. The van der Waals surface area contributed by atoms with Crippen LogP contribution in [0.25, 0.3) is 0 Å². The van der Waals surface area contributed by atoms with Crippen LogP contribution in [0.1, 0.15) is 39.8 Å². The molecule has 0 aliphatic rings. The lowest BCUT2D eigenvalue weighted by Crippen LogP contribution is -2.27. The summed E-state index contributed by atoms with van der Waals surface area (Å²) in [6.45, 7) is 3.03. The summed E-state index contributed by atoms with van der Waals surface area (Å²) in [5, 5.41) is 15.8. The normalized spacial score (nSPS) is 10.8. The third-order valence-corrected chi connectivity index (χ3v) is 3.64. The minimum atomic E-state index is -0.559. The SMILES string of the molecule is CCCNC(=O)c1cccc(CN/C=C(\C=N)NC(=O)c2nccnc2N)c1. The van der Waals surface area contributed by atoms with Crippen LogP contribution in [-0.4, -0.2) is 34.5 Å². The van der Waals surface area contributed by atoms with Gasteiger partial charge in [0.25, 0.3) is 11.8 Å². The molecule has 1 heterocycles. The fourth-order valence-corrected chi connectivity index (χ4v) is 2.27. The molecule has 0 spiro atoms. The van der Waals surface area contributed by atoms with Crippen molar-refractivity contribution in [3.8, 4) is 0 Å². The average molecular weight is 381 g/mol. The Morgan fingerprint density at radius 2 is 2.00 bits per heavy atom. The predicted octanol–water partition coefficient (Wildman–Crippen LogP) is 1.21. The number of nitrogens with zero attached hydrogens (tertiary/aromatic N) is 2.